The third-order valence-electron chi connectivity index (χ3n) is 0. The van der Waals surface area contributed by atoms with Gasteiger partial charge in [-0.1, -0.05) is 0 Å². The molecule has 0 rings (SSSR count). The van der Waals surface area contributed by atoms with Crippen molar-refractivity contribution in [1.29, 1.82) is 0 Å². The van der Waals surface area contributed by atoms with Gasteiger partial charge in [-0.2, -0.15) is 0 Å². The molecule has 0 spiro atoms. The van der Waals surface area contributed by atoms with E-state index in [2.05, 4.69) is 28.2 Å². The second-order valence-electron chi connectivity index (χ2n) is 3.64. The van der Waals surface area contributed by atoms with Crippen molar-refractivity contribution in [1.82, 2.24) is 0 Å². The van der Waals surface area contributed by atoms with Crippen molar-refractivity contribution in [3.8, 4) is 0 Å². The zero-order valence-electron chi connectivity index (χ0n) is 7.16. The molecule has 0 heterocycles. The van der Waals surface area contributed by atoms with Crippen molar-refractivity contribution >= 4 is 19.5 Å². The van der Waals surface area contributed by atoms with Crippen LogP contribution in [0, 0.1) is 0 Å². The summed E-state index contributed by atoms with van der Waals surface area (Å²) in [6.45, 7) is 0. The van der Waals surface area contributed by atoms with Crippen LogP contribution in [0.3, 0.4) is 0 Å². The second-order valence-corrected chi connectivity index (χ2v) is 9.11. The summed E-state index contributed by atoms with van der Waals surface area (Å²) in [6, 6.07) is 0. The first-order chi connectivity index (χ1) is 4.45. The van der Waals surface area contributed by atoms with Crippen LogP contribution in [-0.2, 0) is 0 Å². The molecule has 0 bridgehead atoms. The maximum absolute atomic E-state index is 11.2. The molecule has 0 aliphatic carbocycles. The Hall–Kier alpha value is 0.358. The molecule has 0 saturated heterocycles. The number of halogens is 6. The molecule has 0 aromatic carbocycles. The Balaban J connectivity index is 0. The standard InChI is InChI=1S/C4H12N.6FH.Sb/c1-5(2,3)4;;;;;;;/h1-4H3;6*1H;/q+1;;;;;;;+5/p-6. The van der Waals surface area contributed by atoms with E-state index in [0.717, 1.165) is 4.48 Å². The zero-order chi connectivity index (χ0) is 10.9. The maximum atomic E-state index is 9.93. The molecular weight excluding hydrogens is 298 g/mol. The van der Waals surface area contributed by atoms with Crippen molar-refractivity contribution in [3.63, 3.8) is 0 Å². The third-order valence-corrected chi connectivity index (χ3v) is 0. The molecule has 0 amide bonds. The molecular formula is C4H12F6NSb. The molecule has 80 valence electrons. The van der Waals surface area contributed by atoms with E-state index in [1.54, 1.807) is 0 Å². The van der Waals surface area contributed by atoms with E-state index in [1.165, 1.54) is 0 Å². The van der Waals surface area contributed by atoms with Crippen molar-refractivity contribution < 1.29 is 21.4 Å². The summed E-state index contributed by atoms with van der Waals surface area (Å²) in [5.74, 6) is 0. The van der Waals surface area contributed by atoms with Gasteiger partial charge in [0.2, 0.25) is 0 Å². The number of hydrogen-bond donors (Lipinski definition) is 0. The Morgan fingerprint density at radius 1 is 0.667 bits per heavy atom. The Morgan fingerprint density at radius 2 is 0.667 bits per heavy atom. The molecule has 8 heteroatoms. The molecule has 0 fully saturated rings. The SMILES string of the molecule is C[N+](C)(C)C.[F][Sb-]([F])([F])([F])([F])[F]. The molecule has 0 aliphatic heterocycles. The molecule has 0 aromatic heterocycles. The van der Waals surface area contributed by atoms with E-state index in [9.17, 15) is 16.9 Å². The van der Waals surface area contributed by atoms with Crippen LogP contribution in [0.4, 0.5) is 16.9 Å². The predicted molar refractivity (Wildman–Crippen MR) is 36.4 cm³/mol. The molecule has 0 saturated carbocycles. The van der Waals surface area contributed by atoms with Crippen LogP contribution in [0.1, 0.15) is 0 Å². The summed E-state index contributed by atoms with van der Waals surface area (Å²) in [4.78, 5) is 0. The van der Waals surface area contributed by atoms with Gasteiger partial charge >= 0.3 is 36.4 Å². The van der Waals surface area contributed by atoms with Gasteiger partial charge < -0.3 is 4.48 Å². The first-order valence-electron chi connectivity index (χ1n) is 2.80. The second kappa shape index (κ2) is 2.67. The molecule has 12 heavy (non-hydrogen) atoms. The predicted octanol–water partition coefficient (Wildman–Crippen LogP) is 2.46. The van der Waals surface area contributed by atoms with Crippen molar-refractivity contribution in [3.05, 3.63) is 0 Å². The van der Waals surface area contributed by atoms with Gasteiger partial charge in [-0.15, -0.1) is 0 Å². The summed E-state index contributed by atoms with van der Waals surface area (Å²) < 4.78 is 60.6. The van der Waals surface area contributed by atoms with Crippen LogP contribution in [0.2, 0.25) is 0 Å². The van der Waals surface area contributed by atoms with Crippen LogP contribution in [-0.4, -0.2) is 52.1 Å². The van der Waals surface area contributed by atoms with Crippen LogP contribution in [0.15, 0.2) is 0 Å². The van der Waals surface area contributed by atoms with E-state index in [0.29, 0.717) is 0 Å². The molecule has 0 unspecified atom stereocenters. The first kappa shape index (κ1) is 14.9. The zero-order valence-corrected chi connectivity index (χ0v) is 9.72. The van der Waals surface area contributed by atoms with Gasteiger partial charge in [-0.25, -0.2) is 0 Å². The van der Waals surface area contributed by atoms with E-state index < -0.39 is 19.5 Å². The van der Waals surface area contributed by atoms with Crippen molar-refractivity contribution in [2.45, 2.75) is 0 Å². The van der Waals surface area contributed by atoms with E-state index >= 15 is 0 Å². The molecule has 0 aromatic rings. The van der Waals surface area contributed by atoms with Crippen LogP contribution >= 0.6 is 0 Å². The summed E-state index contributed by atoms with van der Waals surface area (Å²) >= 11 is -11.2. The summed E-state index contributed by atoms with van der Waals surface area (Å²) in [5.41, 5.74) is 0. The Morgan fingerprint density at radius 3 is 0.667 bits per heavy atom. The first-order valence-corrected chi connectivity index (χ1v) is 8.59. The summed E-state index contributed by atoms with van der Waals surface area (Å²) in [7, 11) is 8.50. The van der Waals surface area contributed by atoms with Crippen LogP contribution in [0.5, 0.6) is 0 Å². The number of hydrogen-bond acceptors (Lipinski definition) is 0. The molecule has 0 radical (unpaired) electrons. The topological polar surface area (TPSA) is 0 Å². The number of quaternary nitrogens is 1. The van der Waals surface area contributed by atoms with Crippen LogP contribution < -0.4 is 0 Å². The Bertz CT molecular complexity index is 130. The van der Waals surface area contributed by atoms with Gasteiger partial charge in [-0.05, 0) is 0 Å². The third kappa shape index (κ3) is 7070. The number of nitrogens with zero attached hydrogens (tertiary/aromatic N) is 1. The van der Waals surface area contributed by atoms with Gasteiger partial charge in [0.15, 0.2) is 0 Å². The minimum absolute atomic E-state index is 1.00. The van der Waals surface area contributed by atoms with E-state index in [1.807, 2.05) is 0 Å². The van der Waals surface area contributed by atoms with Gasteiger partial charge in [0, 0.05) is 0 Å². The Labute approximate surface area is 69.4 Å². The average molecular weight is 310 g/mol. The quantitative estimate of drug-likeness (QED) is 0.366. The van der Waals surface area contributed by atoms with E-state index in [4.69, 9.17) is 0 Å². The summed E-state index contributed by atoms with van der Waals surface area (Å²) in [6.07, 6.45) is 0. The minimum atomic E-state index is -11.2. The monoisotopic (exact) mass is 309 g/mol. The van der Waals surface area contributed by atoms with E-state index in [-0.39, 0.29) is 0 Å². The summed E-state index contributed by atoms with van der Waals surface area (Å²) in [5, 5.41) is 0. The molecule has 0 aliphatic rings. The van der Waals surface area contributed by atoms with Gasteiger partial charge in [0.25, 0.3) is 0 Å². The fourth-order valence-corrected chi connectivity index (χ4v) is 0. The Kier molecular flexibility index (Phi) is 3.31. The van der Waals surface area contributed by atoms with Crippen molar-refractivity contribution in [2.24, 2.45) is 0 Å². The number of rotatable bonds is 0. The molecule has 0 N–H and O–H groups in total. The van der Waals surface area contributed by atoms with Gasteiger partial charge in [0.05, 0.1) is 28.2 Å². The fourth-order valence-electron chi connectivity index (χ4n) is 0. The normalized spacial score (nSPS) is 18.5. The van der Waals surface area contributed by atoms with Gasteiger partial charge in [0.1, 0.15) is 0 Å². The average Bonchev–Trinajstić information content (AvgIpc) is 1.04. The molecule has 1 nitrogen and oxygen atoms in total. The fraction of sp³-hybridized carbons (Fsp3) is 1.00. The van der Waals surface area contributed by atoms with Crippen molar-refractivity contribution in [2.75, 3.05) is 28.2 Å². The van der Waals surface area contributed by atoms with Crippen LogP contribution in [0.25, 0.3) is 0 Å². The molecule has 0 atom stereocenters. The van der Waals surface area contributed by atoms with Gasteiger partial charge in [-0.3, -0.25) is 0 Å².